The van der Waals surface area contributed by atoms with Gasteiger partial charge in [0.25, 0.3) is 5.91 Å². The van der Waals surface area contributed by atoms with Crippen LogP contribution in [-0.2, 0) is 5.41 Å². The SMILES string of the molecule is C[C@H]1CCCC[C@@H]1NC(=S)NNC(=O)c1ccc(C(C)(C)C)cc1. The van der Waals surface area contributed by atoms with Crippen molar-refractivity contribution in [3.63, 3.8) is 0 Å². The molecule has 132 valence electrons. The second-order valence-electron chi connectivity index (χ2n) is 7.75. The first-order valence-corrected chi connectivity index (χ1v) is 9.15. The zero-order chi connectivity index (χ0) is 17.7. The first kappa shape index (κ1) is 18.7. The Bertz CT molecular complexity index is 577. The molecule has 1 fully saturated rings. The van der Waals surface area contributed by atoms with Gasteiger partial charge in [0.2, 0.25) is 0 Å². The summed E-state index contributed by atoms with van der Waals surface area (Å²) in [4.78, 5) is 12.2. The van der Waals surface area contributed by atoms with E-state index in [1.807, 2.05) is 24.3 Å². The summed E-state index contributed by atoms with van der Waals surface area (Å²) in [5, 5.41) is 3.79. The van der Waals surface area contributed by atoms with Crippen molar-refractivity contribution in [1.82, 2.24) is 16.2 Å². The van der Waals surface area contributed by atoms with Gasteiger partial charge in [-0.2, -0.15) is 0 Å². The number of amides is 1. The zero-order valence-electron chi connectivity index (χ0n) is 15.1. The fourth-order valence-electron chi connectivity index (χ4n) is 3.04. The third-order valence-corrected chi connectivity index (χ3v) is 4.95. The van der Waals surface area contributed by atoms with Crippen LogP contribution in [0.4, 0.5) is 0 Å². The second kappa shape index (κ2) is 7.97. The predicted octanol–water partition coefficient (Wildman–Crippen LogP) is 3.67. The molecule has 4 nitrogen and oxygen atoms in total. The minimum absolute atomic E-state index is 0.0788. The van der Waals surface area contributed by atoms with Gasteiger partial charge in [0, 0.05) is 11.6 Å². The van der Waals surface area contributed by atoms with Gasteiger partial charge in [0.1, 0.15) is 0 Å². The van der Waals surface area contributed by atoms with Crippen LogP contribution >= 0.6 is 12.2 Å². The summed E-state index contributed by atoms with van der Waals surface area (Å²) < 4.78 is 0. The highest BCUT2D eigenvalue weighted by atomic mass is 32.1. The molecule has 5 heteroatoms. The van der Waals surface area contributed by atoms with Gasteiger partial charge in [-0.05, 0) is 54.1 Å². The molecule has 1 aromatic rings. The van der Waals surface area contributed by atoms with E-state index in [9.17, 15) is 4.79 Å². The van der Waals surface area contributed by atoms with Crippen molar-refractivity contribution >= 4 is 23.2 Å². The lowest BCUT2D eigenvalue weighted by Gasteiger charge is -2.30. The molecule has 0 heterocycles. The van der Waals surface area contributed by atoms with Crippen molar-refractivity contribution in [3.05, 3.63) is 35.4 Å². The third kappa shape index (κ3) is 5.20. The molecule has 0 aromatic heterocycles. The van der Waals surface area contributed by atoms with Crippen LogP contribution in [0.1, 0.15) is 69.3 Å². The fraction of sp³-hybridized carbons (Fsp3) is 0.579. The highest BCUT2D eigenvalue weighted by molar-refractivity contribution is 7.80. The van der Waals surface area contributed by atoms with Gasteiger partial charge < -0.3 is 5.32 Å². The molecule has 1 aliphatic carbocycles. The number of thiocarbonyl (C=S) groups is 1. The highest BCUT2D eigenvalue weighted by Gasteiger charge is 2.21. The van der Waals surface area contributed by atoms with Crippen LogP contribution in [0.25, 0.3) is 0 Å². The number of benzene rings is 1. The van der Waals surface area contributed by atoms with E-state index in [1.165, 1.54) is 24.8 Å². The lowest BCUT2D eigenvalue weighted by Crippen LogP contribution is -2.51. The van der Waals surface area contributed by atoms with Crippen molar-refractivity contribution in [2.75, 3.05) is 0 Å². The van der Waals surface area contributed by atoms with E-state index in [1.54, 1.807) is 0 Å². The van der Waals surface area contributed by atoms with E-state index in [2.05, 4.69) is 43.9 Å². The summed E-state index contributed by atoms with van der Waals surface area (Å²) >= 11 is 5.29. The topological polar surface area (TPSA) is 53.2 Å². The number of carbonyl (C=O) groups is 1. The second-order valence-corrected chi connectivity index (χ2v) is 8.16. The van der Waals surface area contributed by atoms with Crippen LogP contribution in [0.5, 0.6) is 0 Å². The smallest absolute Gasteiger partial charge is 0.269 e. The number of nitrogens with one attached hydrogen (secondary N) is 3. The van der Waals surface area contributed by atoms with Gasteiger partial charge in [-0.15, -0.1) is 0 Å². The molecule has 0 aliphatic heterocycles. The minimum atomic E-state index is -0.184. The molecule has 0 saturated heterocycles. The molecule has 0 spiro atoms. The summed E-state index contributed by atoms with van der Waals surface area (Å²) in [5.74, 6) is 0.426. The summed E-state index contributed by atoms with van der Waals surface area (Å²) in [6, 6.07) is 8.07. The van der Waals surface area contributed by atoms with Gasteiger partial charge >= 0.3 is 0 Å². The fourth-order valence-corrected chi connectivity index (χ4v) is 3.24. The van der Waals surface area contributed by atoms with Crippen molar-refractivity contribution in [2.45, 2.75) is 64.8 Å². The van der Waals surface area contributed by atoms with Crippen molar-refractivity contribution < 1.29 is 4.79 Å². The average Bonchev–Trinajstić information content (AvgIpc) is 2.54. The maximum Gasteiger partial charge on any atom is 0.269 e. The Morgan fingerprint density at radius 2 is 1.71 bits per heavy atom. The largest absolute Gasteiger partial charge is 0.358 e. The normalized spacial score (nSPS) is 21.0. The van der Waals surface area contributed by atoms with E-state index < -0.39 is 0 Å². The summed E-state index contributed by atoms with van der Waals surface area (Å²) in [5.41, 5.74) is 7.38. The van der Waals surface area contributed by atoms with E-state index in [0.717, 1.165) is 6.42 Å². The predicted molar refractivity (Wildman–Crippen MR) is 103 cm³/mol. The van der Waals surface area contributed by atoms with Crippen LogP contribution in [0.3, 0.4) is 0 Å². The Hall–Kier alpha value is -1.62. The molecule has 3 N–H and O–H groups in total. The number of carbonyl (C=O) groups excluding carboxylic acids is 1. The standard InChI is InChI=1S/C19H29N3OS/c1-13-7-5-6-8-16(13)20-18(24)22-21-17(23)14-9-11-15(12-10-14)19(2,3)4/h9-13,16H,5-8H2,1-4H3,(H,21,23)(H2,20,22,24)/t13-,16-/m0/s1. The van der Waals surface area contributed by atoms with Gasteiger partial charge in [0.15, 0.2) is 5.11 Å². The first-order chi connectivity index (χ1) is 11.3. The summed E-state index contributed by atoms with van der Waals surface area (Å²) in [7, 11) is 0. The molecule has 0 unspecified atom stereocenters. The quantitative estimate of drug-likeness (QED) is 0.564. The molecular formula is C19H29N3OS. The Morgan fingerprint density at radius 1 is 1.08 bits per heavy atom. The number of rotatable bonds is 2. The maximum absolute atomic E-state index is 12.2. The summed E-state index contributed by atoms with van der Waals surface area (Å²) in [6.45, 7) is 8.70. The van der Waals surface area contributed by atoms with Crippen molar-refractivity contribution in [2.24, 2.45) is 5.92 Å². The van der Waals surface area contributed by atoms with Crippen LogP contribution in [-0.4, -0.2) is 17.1 Å². The number of hydrazine groups is 1. The molecule has 24 heavy (non-hydrogen) atoms. The zero-order valence-corrected chi connectivity index (χ0v) is 15.9. The Morgan fingerprint density at radius 3 is 2.29 bits per heavy atom. The number of hydrogen-bond donors (Lipinski definition) is 3. The molecule has 2 atom stereocenters. The van der Waals surface area contributed by atoms with Crippen molar-refractivity contribution in [3.8, 4) is 0 Å². The number of hydrogen-bond acceptors (Lipinski definition) is 2. The Kier molecular flexibility index (Phi) is 6.21. The first-order valence-electron chi connectivity index (χ1n) is 8.75. The van der Waals surface area contributed by atoms with E-state index >= 15 is 0 Å². The van der Waals surface area contributed by atoms with Crippen molar-refractivity contribution in [1.29, 1.82) is 0 Å². The van der Waals surface area contributed by atoms with Gasteiger partial charge in [0.05, 0.1) is 0 Å². The average molecular weight is 348 g/mol. The molecule has 1 saturated carbocycles. The maximum atomic E-state index is 12.2. The molecule has 1 amide bonds. The Balaban J connectivity index is 1.83. The Labute approximate surface area is 150 Å². The minimum Gasteiger partial charge on any atom is -0.358 e. The van der Waals surface area contributed by atoms with E-state index in [-0.39, 0.29) is 11.3 Å². The molecular weight excluding hydrogens is 318 g/mol. The van der Waals surface area contributed by atoms with Crippen LogP contribution in [0.15, 0.2) is 24.3 Å². The molecule has 1 aliphatic rings. The molecule has 2 rings (SSSR count). The van der Waals surface area contributed by atoms with E-state index in [4.69, 9.17) is 12.2 Å². The third-order valence-electron chi connectivity index (χ3n) is 4.73. The van der Waals surface area contributed by atoms with Crippen LogP contribution in [0, 0.1) is 5.92 Å². The molecule has 1 aromatic carbocycles. The molecule has 0 radical (unpaired) electrons. The monoisotopic (exact) mass is 347 g/mol. The molecule has 0 bridgehead atoms. The highest BCUT2D eigenvalue weighted by Crippen LogP contribution is 2.23. The summed E-state index contributed by atoms with van der Waals surface area (Å²) in [6.07, 6.45) is 4.88. The van der Waals surface area contributed by atoms with Gasteiger partial charge in [-0.1, -0.05) is 52.7 Å². The van der Waals surface area contributed by atoms with Crippen LogP contribution < -0.4 is 16.2 Å². The lowest BCUT2D eigenvalue weighted by atomic mass is 9.86. The van der Waals surface area contributed by atoms with E-state index in [0.29, 0.717) is 22.6 Å². The lowest BCUT2D eigenvalue weighted by molar-refractivity contribution is 0.0943. The van der Waals surface area contributed by atoms with Crippen LogP contribution in [0.2, 0.25) is 0 Å². The van der Waals surface area contributed by atoms with Gasteiger partial charge in [-0.25, -0.2) is 0 Å². The van der Waals surface area contributed by atoms with Gasteiger partial charge in [-0.3, -0.25) is 15.6 Å².